The van der Waals surface area contributed by atoms with Crippen LogP contribution in [0.5, 0.6) is 0 Å². The van der Waals surface area contributed by atoms with Crippen LogP contribution < -0.4 is 4.72 Å². The maximum absolute atomic E-state index is 12.3. The van der Waals surface area contributed by atoms with Crippen LogP contribution in [0.2, 0.25) is 0 Å². The Morgan fingerprint density at radius 2 is 1.90 bits per heavy atom. The van der Waals surface area contributed by atoms with Crippen molar-refractivity contribution in [2.45, 2.75) is 43.7 Å². The van der Waals surface area contributed by atoms with E-state index in [2.05, 4.69) is 4.72 Å². The van der Waals surface area contributed by atoms with Crippen LogP contribution in [-0.4, -0.2) is 36.7 Å². The zero-order valence-electron chi connectivity index (χ0n) is 11.9. The molecule has 1 aliphatic carbocycles. The first-order chi connectivity index (χ1) is 9.63. The Labute approximate surface area is 123 Å². The van der Waals surface area contributed by atoms with Crippen LogP contribution in [0.15, 0.2) is 29.2 Å². The topological polar surface area (TPSA) is 104 Å². The molecule has 1 aliphatic rings. The molecule has 1 saturated carbocycles. The van der Waals surface area contributed by atoms with Gasteiger partial charge in [-0.05, 0) is 24.1 Å². The van der Waals surface area contributed by atoms with Gasteiger partial charge >= 0.3 is 5.97 Å². The number of aliphatic hydroxyl groups excluding tert-OH is 1. The van der Waals surface area contributed by atoms with Crippen LogP contribution in [0.25, 0.3) is 0 Å². The fourth-order valence-corrected chi connectivity index (χ4v) is 3.72. The standard InChI is InChI=1S/C14H19NO5S/c1-14(2)11(8-12(14)16)15-21(19,20)10-5-3-9(4-6-10)7-13(17)18/h3-6,11-12,15-16H,7-8H2,1-2H3,(H,17,18). The van der Waals surface area contributed by atoms with Crippen molar-refractivity contribution in [3.8, 4) is 0 Å². The quantitative estimate of drug-likeness (QED) is 0.744. The number of rotatable bonds is 5. The minimum Gasteiger partial charge on any atom is -0.481 e. The summed E-state index contributed by atoms with van der Waals surface area (Å²) in [6.45, 7) is 3.62. The number of hydrogen-bond donors (Lipinski definition) is 3. The predicted octanol–water partition coefficient (Wildman–Crippen LogP) is 0.751. The van der Waals surface area contributed by atoms with E-state index in [1.807, 2.05) is 13.8 Å². The fourth-order valence-electron chi connectivity index (χ4n) is 2.32. The van der Waals surface area contributed by atoms with Crippen molar-refractivity contribution in [2.75, 3.05) is 0 Å². The zero-order valence-corrected chi connectivity index (χ0v) is 12.7. The molecule has 3 N–H and O–H groups in total. The number of aliphatic hydroxyl groups is 1. The minimum absolute atomic E-state index is 0.0915. The third kappa shape index (κ3) is 3.25. The number of benzene rings is 1. The highest BCUT2D eigenvalue weighted by Crippen LogP contribution is 2.41. The molecule has 0 bridgehead atoms. The van der Waals surface area contributed by atoms with Gasteiger partial charge in [-0.1, -0.05) is 26.0 Å². The Hall–Kier alpha value is -1.44. The highest BCUT2D eigenvalue weighted by atomic mass is 32.2. The molecule has 116 valence electrons. The van der Waals surface area contributed by atoms with Gasteiger partial charge in [0, 0.05) is 11.5 Å². The number of carboxylic acids is 1. The lowest BCUT2D eigenvalue weighted by atomic mass is 9.65. The molecule has 1 aromatic carbocycles. The highest BCUT2D eigenvalue weighted by Gasteiger charge is 2.48. The Balaban J connectivity index is 2.11. The highest BCUT2D eigenvalue weighted by molar-refractivity contribution is 7.89. The van der Waals surface area contributed by atoms with Crippen molar-refractivity contribution >= 4 is 16.0 Å². The van der Waals surface area contributed by atoms with Gasteiger partial charge in [0.2, 0.25) is 10.0 Å². The summed E-state index contributed by atoms with van der Waals surface area (Å²) in [5.41, 5.74) is 0.0527. The van der Waals surface area contributed by atoms with Crippen LogP contribution in [-0.2, 0) is 21.2 Å². The maximum Gasteiger partial charge on any atom is 0.307 e. The summed E-state index contributed by atoms with van der Waals surface area (Å²) in [7, 11) is -3.67. The Bertz CT molecular complexity index is 636. The number of hydrogen-bond acceptors (Lipinski definition) is 4. The van der Waals surface area contributed by atoms with Gasteiger partial charge in [0.15, 0.2) is 0 Å². The molecular weight excluding hydrogens is 294 g/mol. The summed E-state index contributed by atoms with van der Waals surface area (Å²) in [5, 5.41) is 18.3. The van der Waals surface area contributed by atoms with Crippen LogP contribution in [0, 0.1) is 5.41 Å². The predicted molar refractivity (Wildman–Crippen MR) is 76.3 cm³/mol. The van der Waals surface area contributed by atoms with Crippen molar-refractivity contribution in [1.82, 2.24) is 4.72 Å². The third-order valence-electron chi connectivity index (χ3n) is 4.10. The summed E-state index contributed by atoms with van der Waals surface area (Å²) in [5.74, 6) is -0.964. The first-order valence-electron chi connectivity index (χ1n) is 6.64. The van der Waals surface area contributed by atoms with E-state index in [1.54, 1.807) is 0 Å². The van der Waals surface area contributed by atoms with Crippen molar-refractivity contribution in [2.24, 2.45) is 5.41 Å². The van der Waals surface area contributed by atoms with Gasteiger partial charge in [0.05, 0.1) is 17.4 Å². The minimum atomic E-state index is -3.67. The lowest BCUT2D eigenvalue weighted by Gasteiger charge is -2.49. The zero-order chi connectivity index (χ0) is 15.8. The smallest absolute Gasteiger partial charge is 0.307 e. The molecule has 2 rings (SSSR count). The molecule has 0 amide bonds. The summed E-state index contributed by atoms with van der Waals surface area (Å²) >= 11 is 0. The number of carbonyl (C=O) groups is 1. The van der Waals surface area contributed by atoms with Gasteiger partial charge in [-0.25, -0.2) is 13.1 Å². The summed E-state index contributed by atoms with van der Waals surface area (Å²) in [4.78, 5) is 10.7. The summed E-state index contributed by atoms with van der Waals surface area (Å²) in [6.07, 6.45) is -0.262. The summed E-state index contributed by atoms with van der Waals surface area (Å²) in [6, 6.07) is 5.45. The monoisotopic (exact) mass is 313 g/mol. The van der Waals surface area contributed by atoms with Gasteiger partial charge < -0.3 is 10.2 Å². The number of sulfonamides is 1. The van der Waals surface area contributed by atoms with Crippen LogP contribution >= 0.6 is 0 Å². The molecule has 0 saturated heterocycles. The van der Waals surface area contributed by atoms with E-state index in [1.165, 1.54) is 24.3 Å². The molecule has 2 unspecified atom stereocenters. The Morgan fingerprint density at radius 1 is 1.33 bits per heavy atom. The van der Waals surface area contributed by atoms with E-state index < -0.39 is 27.5 Å². The first kappa shape index (κ1) is 15.9. The van der Waals surface area contributed by atoms with Crippen molar-refractivity contribution < 1.29 is 23.4 Å². The van der Waals surface area contributed by atoms with E-state index in [0.29, 0.717) is 12.0 Å². The van der Waals surface area contributed by atoms with Gasteiger partial charge in [0.25, 0.3) is 0 Å². The lowest BCUT2D eigenvalue weighted by molar-refractivity contribution is -0.136. The van der Waals surface area contributed by atoms with Crippen LogP contribution in [0.4, 0.5) is 0 Å². The third-order valence-corrected chi connectivity index (χ3v) is 5.59. The van der Waals surface area contributed by atoms with Gasteiger partial charge in [-0.2, -0.15) is 0 Å². The molecule has 0 radical (unpaired) electrons. The second-order valence-electron chi connectivity index (χ2n) is 5.96. The average molecular weight is 313 g/mol. The first-order valence-corrected chi connectivity index (χ1v) is 8.12. The molecule has 21 heavy (non-hydrogen) atoms. The van der Waals surface area contributed by atoms with Crippen molar-refractivity contribution in [3.05, 3.63) is 29.8 Å². The molecule has 0 aromatic heterocycles. The van der Waals surface area contributed by atoms with E-state index in [9.17, 15) is 18.3 Å². The molecule has 7 heteroatoms. The fraction of sp³-hybridized carbons (Fsp3) is 0.500. The molecule has 6 nitrogen and oxygen atoms in total. The van der Waals surface area contributed by atoms with E-state index in [4.69, 9.17) is 5.11 Å². The molecule has 1 aromatic rings. The number of carboxylic acid groups (broad SMARTS) is 1. The van der Waals surface area contributed by atoms with Gasteiger partial charge in [-0.15, -0.1) is 0 Å². The van der Waals surface area contributed by atoms with Gasteiger partial charge in [0.1, 0.15) is 0 Å². The maximum atomic E-state index is 12.3. The molecule has 0 aliphatic heterocycles. The lowest BCUT2D eigenvalue weighted by Crippen LogP contribution is -2.61. The van der Waals surface area contributed by atoms with Gasteiger partial charge in [-0.3, -0.25) is 4.79 Å². The summed E-state index contributed by atoms with van der Waals surface area (Å²) < 4.78 is 27.1. The van der Waals surface area contributed by atoms with Crippen molar-refractivity contribution in [1.29, 1.82) is 0 Å². The molecule has 0 heterocycles. The van der Waals surface area contributed by atoms with Crippen LogP contribution in [0.3, 0.4) is 0 Å². The van der Waals surface area contributed by atoms with Crippen molar-refractivity contribution in [3.63, 3.8) is 0 Å². The molecule has 0 spiro atoms. The average Bonchev–Trinajstić information content (AvgIpc) is 2.38. The van der Waals surface area contributed by atoms with E-state index in [0.717, 1.165) is 0 Å². The largest absolute Gasteiger partial charge is 0.481 e. The normalized spacial score (nSPS) is 24.3. The van der Waals surface area contributed by atoms with E-state index >= 15 is 0 Å². The second-order valence-corrected chi connectivity index (χ2v) is 7.68. The number of aliphatic carboxylic acids is 1. The number of nitrogens with one attached hydrogen (secondary N) is 1. The molecular formula is C14H19NO5S. The molecule has 1 fully saturated rings. The Kier molecular flexibility index (Phi) is 4.10. The second kappa shape index (κ2) is 5.40. The SMILES string of the molecule is CC1(C)C(O)CC1NS(=O)(=O)c1ccc(CC(=O)O)cc1. The van der Waals surface area contributed by atoms with E-state index in [-0.39, 0.29) is 17.4 Å². The molecule has 2 atom stereocenters. The Morgan fingerprint density at radius 3 is 2.33 bits per heavy atom. The van der Waals surface area contributed by atoms with Crippen LogP contribution in [0.1, 0.15) is 25.8 Å².